The van der Waals surface area contributed by atoms with E-state index in [0.717, 1.165) is 17.7 Å². The molecule has 3 aromatic rings. The van der Waals surface area contributed by atoms with Crippen molar-refractivity contribution in [2.75, 3.05) is 6.61 Å². The molecule has 0 aliphatic rings. The zero-order valence-corrected chi connectivity index (χ0v) is 13.4. The van der Waals surface area contributed by atoms with E-state index in [1.807, 2.05) is 36.4 Å². The third kappa shape index (κ3) is 4.35. The van der Waals surface area contributed by atoms with Gasteiger partial charge in [0.2, 0.25) is 0 Å². The van der Waals surface area contributed by atoms with Crippen LogP contribution in [0.4, 0.5) is 0 Å². The number of benzene rings is 3. The summed E-state index contributed by atoms with van der Waals surface area (Å²) in [6.45, 7) is 0.598. The second kappa shape index (κ2) is 7.64. The molecular formula is C21H20O3. The summed E-state index contributed by atoms with van der Waals surface area (Å²) in [7, 11) is 0. The lowest BCUT2D eigenvalue weighted by Crippen LogP contribution is -2.02. The van der Waals surface area contributed by atoms with Gasteiger partial charge in [0.15, 0.2) is 0 Å². The topological polar surface area (TPSA) is 46.5 Å². The lowest BCUT2D eigenvalue weighted by atomic mass is 10.1. The minimum absolute atomic E-state index is 0.139. The Hall–Kier alpha value is -2.81. The second-order valence-corrected chi connectivity index (χ2v) is 5.82. The van der Waals surface area contributed by atoms with E-state index < -0.39 is 5.97 Å². The van der Waals surface area contributed by atoms with Gasteiger partial charge in [0.25, 0.3) is 0 Å². The fourth-order valence-corrected chi connectivity index (χ4v) is 2.72. The van der Waals surface area contributed by atoms with Crippen molar-refractivity contribution in [1.29, 1.82) is 0 Å². The molecule has 0 amide bonds. The van der Waals surface area contributed by atoms with Crippen molar-refractivity contribution in [3.63, 3.8) is 0 Å². The van der Waals surface area contributed by atoms with Crippen LogP contribution < -0.4 is 4.74 Å². The molecule has 3 rings (SSSR count). The van der Waals surface area contributed by atoms with Gasteiger partial charge in [0.05, 0.1) is 6.61 Å². The van der Waals surface area contributed by atoms with E-state index in [0.29, 0.717) is 13.0 Å². The van der Waals surface area contributed by atoms with Crippen molar-refractivity contribution < 1.29 is 14.6 Å². The summed E-state index contributed by atoms with van der Waals surface area (Å²) in [5.74, 6) is 0.0105. The average molecular weight is 320 g/mol. The fourth-order valence-electron chi connectivity index (χ4n) is 2.72. The highest BCUT2D eigenvalue weighted by Gasteiger charge is 2.02. The summed E-state index contributed by atoms with van der Waals surface area (Å²) in [6.07, 6.45) is 1.50. The Morgan fingerprint density at radius 3 is 2.46 bits per heavy atom. The molecule has 0 atom stereocenters. The highest BCUT2D eigenvalue weighted by molar-refractivity contribution is 5.82. The van der Waals surface area contributed by atoms with Gasteiger partial charge in [-0.3, -0.25) is 4.79 Å². The lowest BCUT2D eigenvalue weighted by molar-refractivity contribution is -0.136. The van der Waals surface area contributed by atoms with Crippen molar-refractivity contribution in [2.45, 2.75) is 19.3 Å². The number of hydrogen-bond donors (Lipinski definition) is 1. The van der Waals surface area contributed by atoms with Crippen LogP contribution in [0.3, 0.4) is 0 Å². The zero-order valence-electron chi connectivity index (χ0n) is 13.4. The normalized spacial score (nSPS) is 10.7. The van der Waals surface area contributed by atoms with Crippen molar-refractivity contribution in [3.05, 3.63) is 77.9 Å². The number of carboxylic acids is 1. The maximum atomic E-state index is 10.6. The van der Waals surface area contributed by atoms with Crippen LogP contribution in [-0.4, -0.2) is 17.7 Å². The molecule has 0 aliphatic heterocycles. The number of aliphatic carboxylic acids is 1. The van der Waals surface area contributed by atoms with Crippen LogP contribution in [0, 0.1) is 0 Å². The molecule has 0 spiro atoms. The third-order valence-electron chi connectivity index (χ3n) is 4.00. The van der Waals surface area contributed by atoms with Gasteiger partial charge in [-0.05, 0) is 40.5 Å². The number of aryl methyl sites for hydroxylation is 1. The van der Waals surface area contributed by atoms with Gasteiger partial charge in [-0.1, -0.05) is 54.6 Å². The Morgan fingerprint density at radius 2 is 1.62 bits per heavy atom. The molecule has 0 bridgehead atoms. The zero-order chi connectivity index (χ0) is 16.8. The van der Waals surface area contributed by atoms with E-state index in [1.165, 1.54) is 16.3 Å². The maximum absolute atomic E-state index is 10.6. The largest absolute Gasteiger partial charge is 0.493 e. The van der Waals surface area contributed by atoms with Crippen LogP contribution in [0.5, 0.6) is 5.75 Å². The van der Waals surface area contributed by atoms with Gasteiger partial charge in [-0.2, -0.15) is 0 Å². The summed E-state index contributed by atoms with van der Waals surface area (Å²) >= 11 is 0. The van der Waals surface area contributed by atoms with E-state index >= 15 is 0 Å². The van der Waals surface area contributed by atoms with Crippen LogP contribution >= 0.6 is 0 Å². The number of carboxylic acid groups (broad SMARTS) is 1. The van der Waals surface area contributed by atoms with Crippen LogP contribution in [0.1, 0.15) is 17.5 Å². The van der Waals surface area contributed by atoms with E-state index in [2.05, 4.69) is 30.3 Å². The molecule has 0 saturated heterocycles. The van der Waals surface area contributed by atoms with Gasteiger partial charge >= 0.3 is 5.97 Å². The summed E-state index contributed by atoms with van der Waals surface area (Å²) in [4.78, 5) is 10.6. The SMILES string of the molecule is O=C(O)CCc1cccc(OCCc2ccc3ccccc3c2)c1. The Bertz CT molecular complexity index is 839. The van der Waals surface area contributed by atoms with Gasteiger partial charge in [-0.15, -0.1) is 0 Å². The average Bonchev–Trinajstić information content (AvgIpc) is 2.60. The summed E-state index contributed by atoms with van der Waals surface area (Å²) in [5.41, 5.74) is 2.23. The number of hydrogen-bond acceptors (Lipinski definition) is 2. The van der Waals surface area contributed by atoms with Crippen LogP contribution in [0.2, 0.25) is 0 Å². The van der Waals surface area contributed by atoms with Gasteiger partial charge in [0, 0.05) is 12.8 Å². The minimum atomic E-state index is -0.780. The molecule has 0 fully saturated rings. The molecule has 0 heterocycles. The summed E-state index contributed by atoms with van der Waals surface area (Å²) < 4.78 is 5.82. The summed E-state index contributed by atoms with van der Waals surface area (Å²) in [5, 5.41) is 11.2. The Morgan fingerprint density at radius 1 is 0.833 bits per heavy atom. The smallest absolute Gasteiger partial charge is 0.303 e. The molecule has 122 valence electrons. The molecule has 3 nitrogen and oxygen atoms in total. The lowest BCUT2D eigenvalue weighted by Gasteiger charge is -2.08. The van der Waals surface area contributed by atoms with Gasteiger partial charge < -0.3 is 9.84 Å². The first kappa shape index (κ1) is 16.1. The van der Waals surface area contributed by atoms with Gasteiger partial charge in [0.1, 0.15) is 5.75 Å². The molecule has 0 aliphatic carbocycles. The monoisotopic (exact) mass is 320 g/mol. The van der Waals surface area contributed by atoms with E-state index in [1.54, 1.807) is 0 Å². The maximum Gasteiger partial charge on any atom is 0.303 e. The minimum Gasteiger partial charge on any atom is -0.493 e. The van der Waals surface area contributed by atoms with Crippen molar-refractivity contribution in [1.82, 2.24) is 0 Å². The van der Waals surface area contributed by atoms with E-state index in [4.69, 9.17) is 9.84 Å². The number of carbonyl (C=O) groups is 1. The number of ether oxygens (including phenoxy) is 1. The van der Waals surface area contributed by atoms with Gasteiger partial charge in [-0.25, -0.2) is 0 Å². The molecule has 0 unspecified atom stereocenters. The molecule has 24 heavy (non-hydrogen) atoms. The van der Waals surface area contributed by atoms with E-state index in [-0.39, 0.29) is 6.42 Å². The molecule has 0 saturated carbocycles. The predicted molar refractivity (Wildman–Crippen MR) is 95.5 cm³/mol. The highest BCUT2D eigenvalue weighted by atomic mass is 16.5. The van der Waals surface area contributed by atoms with Crippen LogP contribution in [0.15, 0.2) is 66.7 Å². The third-order valence-corrected chi connectivity index (χ3v) is 4.00. The number of fused-ring (bicyclic) bond motifs is 1. The summed E-state index contributed by atoms with van der Waals surface area (Å²) in [6, 6.07) is 22.4. The second-order valence-electron chi connectivity index (χ2n) is 5.82. The number of rotatable bonds is 7. The van der Waals surface area contributed by atoms with E-state index in [9.17, 15) is 4.79 Å². The molecule has 3 aromatic carbocycles. The van der Waals surface area contributed by atoms with Crippen molar-refractivity contribution in [2.24, 2.45) is 0 Å². The Balaban J connectivity index is 1.57. The fraction of sp³-hybridized carbons (Fsp3) is 0.190. The van der Waals surface area contributed by atoms with Crippen molar-refractivity contribution >= 4 is 16.7 Å². The first-order valence-corrected chi connectivity index (χ1v) is 8.12. The first-order valence-electron chi connectivity index (χ1n) is 8.12. The first-order chi connectivity index (χ1) is 11.7. The molecule has 0 aromatic heterocycles. The molecule has 1 N–H and O–H groups in total. The van der Waals surface area contributed by atoms with Crippen molar-refractivity contribution in [3.8, 4) is 5.75 Å². The standard InChI is InChI=1S/C21H20O3/c22-21(23)11-9-16-4-3-7-20(15-16)24-13-12-17-8-10-18-5-1-2-6-19(18)14-17/h1-8,10,14-15H,9,11-13H2,(H,22,23). The Labute approximate surface area is 141 Å². The predicted octanol–water partition coefficient (Wildman–Crippen LogP) is 4.48. The molecular weight excluding hydrogens is 300 g/mol. The Kier molecular flexibility index (Phi) is 5.12. The van der Waals surface area contributed by atoms with Crippen LogP contribution in [0.25, 0.3) is 10.8 Å². The quantitative estimate of drug-likeness (QED) is 0.698. The van der Waals surface area contributed by atoms with Crippen LogP contribution in [-0.2, 0) is 17.6 Å². The molecule has 0 radical (unpaired) electrons. The molecule has 3 heteroatoms. The highest BCUT2D eigenvalue weighted by Crippen LogP contribution is 2.18.